The van der Waals surface area contributed by atoms with E-state index in [4.69, 9.17) is 14.7 Å². The molecule has 2 atom stereocenters. The van der Waals surface area contributed by atoms with Crippen molar-refractivity contribution in [3.05, 3.63) is 11.1 Å². The minimum atomic E-state index is -2.09. The minimum absolute atomic E-state index is 0.118. The van der Waals surface area contributed by atoms with E-state index in [-0.39, 0.29) is 11.3 Å². The molecule has 80 valence electrons. The Balaban J connectivity index is 2.50. The van der Waals surface area contributed by atoms with Crippen molar-refractivity contribution in [1.29, 1.82) is 5.41 Å². The van der Waals surface area contributed by atoms with Crippen LogP contribution < -0.4 is 5.32 Å². The van der Waals surface area contributed by atoms with Gasteiger partial charge in [-0.2, -0.15) is 0 Å². The van der Waals surface area contributed by atoms with Gasteiger partial charge in [0.2, 0.25) is 11.1 Å². The average molecular weight is 218 g/mol. The highest BCUT2D eigenvalue weighted by Gasteiger charge is 2.16. The predicted molar refractivity (Wildman–Crippen MR) is 54.4 cm³/mol. The molecule has 0 radical (unpaired) electrons. The van der Waals surface area contributed by atoms with Gasteiger partial charge in [-0.3, -0.25) is 0 Å². The van der Waals surface area contributed by atoms with Crippen LogP contribution in [0.4, 0.5) is 0 Å². The van der Waals surface area contributed by atoms with Crippen molar-refractivity contribution < 1.29 is 13.5 Å². The van der Waals surface area contributed by atoms with Gasteiger partial charge in [-0.25, -0.2) is 4.21 Å². The summed E-state index contributed by atoms with van der Waals surface area (Å²) in [6.07, 6.45) is 4.93. The van der Waals surface area contributed by atoms with E-state index in [9.17, 15) is 4.21 Å². The molecule has 0 aromatic rings. The lowest BCUT2D eigenvalue weighted by Gasteiger charge is -2.24. The van der Waals surface area contributed by atoms with Crippen LogP contribution in [0.5, 0.6) is 0 Å². The fraction of sp³-hybridized carbons (Fsp3) is 0.625. The predicted octanol–water partition coefficient (Wildman–Crippen LogP) is 0.815. The van der Waals surface area contributed by atoms with E-state index in [1.54, 1.807) is 0 Å². The third-order valence-corrected chi connectivity index (χ3v) is 2.54. The number of rotatable bonds is 4. The van der Waals surface area contributed by atoms with Crippen LogP contribution in [0, 0.1) is 5.41 Å². The molecule has 1 rings (SSSR count). The monoisotopic (exact) mass is 218 g/mol. The molecule has 1 fully saturated rings. The molecule has 0 amide bonds. The smallest absolute Gasteiger partial charge is 0.203 e. The molecule has 1 heterocycles. The first-order chi connectivity index (χ1) is 6.74. The summed E-state index contributed by atoms with van der Waals surface area (Å²) in [6.45, 7) is 0.674. The molecule has 2 unspecified atom stereocenters. The second-order valence-electron chi connectivity index (χ2n) is 2.95. The largest absolute Gasteiger partial charge is 0.359 e. The number of ether oxygens (including phenoxy) is 1. The molecule has 1 aliphatic rings. The Kier molecular flexibility index (Phi) is 4.78. The molecular weight excluding hydrogens is 204 g/mol. The zero-order chi connectivity index (χ0) is 10.4. The van der Waals surface area contributed by atoms with E-state index in [0.717, 1.165) is 25.5 Å². The number of hydrogen-bond donors (Lipinski definition) is 3. The van der Waals surface area contributed by atoms with Gasteiger partial charge in [0.1, 0.15) is 11.3 Å². The molecule has 0 bridgehead atoms. The maximum atomic E-state index is 10.8. The van der Waals surface area contributed by atoms with Gasteiger partial charge in [0.15, 0.2) is 0 Å². The van der Waals surface area contributed by atoms with Gasteiger partial charge in [0.05, 0.1) is 0 Å². The summed E-state index contributed by atoms with van der Waals surface area (Å²) in [5.74, 6) is 0. The van der Waals surface area contributed by atoms with Gasteiger partial charge in [-0.15, -0.1) is 0 Å². The Labute approximate surface area is 85.3 Å². The molecule has 0 spiro atoms. The Bertz CT molecular complexity index is 249. The van der Waals surface area contributed by atoms with E-state index in [0.29, 0.717) is 6.61 Å². The average Bonchev–Trinajstić information content (AvgIpc) is 2.18. The van der Waals surface area contributed by atoms with Crippen molar-refractivity contribution in [2.24, 2.45) is 0 Å². The highest BCUT2D eigenvalue weighted by atomic mass is 32.2. The molecule has 3 N–H and O–H groups in total. The molecule has 5 nitrogen and oxygen atoms in total. The highest BCUT2D eigenvalue weighted by molar-refractivity contribution is 7.83. The number of nitrogens with one attached hydrogen (secondary N) is 2. The lowest BCUT2D eigenvalue weighted by Crippen LogP contribution is -2.35. The Morgan fingerprint density at radius 3 is 2.93 bits per heavy atom. The van der Waals surface area contributed by atoms with Crippen molar-refractivity contribution in [2.45, 2.75) is 25.5 Å². The van der Waals surface area contributed by atoms with Gasteiger partial charge in [0, 0.05) is 12.8 Å². The van der Waals surface area contributed by atoms with E-state index in [2.05, 4.69) is 5.32 Å². The van der Waals surface area contributed by atoms with Gasteiger partial charge in [-0.05, 0) is 25.3 Å². The quantitative estimate of drug-likeness (QED) is 0.482. The van der Waals surface area contributed by atoms with E-state index in [1.165, 1.54) is 6.08 Å². The van der Waals surface area contributed by atoms with E-state index in [1.807, 2.05) is 0 Å². The maximum Gasteiger partial charge on any atom is 0.203 e. The fourth-order valence-electron chi connectivity index (χ4n) is 1.25. The molecule has 0 saturated carbocycles. The lowest BCUT2D eigenvalue weighted by molar-refractivity contribution is 0.00245. The molecule has 1 aliphatic heterocycles. The van der Waals surface area contributed by atoms with Crippen LogP contribution in [0.3, 0.4) is 0 Å². The Morgan fingerprint density at radius 2 is 2.43 bits per heavy atom. The molecule has 6 heteroatoms. The molecule has 0 aromatic carbocycles. The Morgan fingerprint density at radius 1 is 1.64 bits per heavy atom. The van der Waals surface area contributed by atoms with Crippen LogP contribution in [-0.2, 0) is 15.8 Å². The van der Waals surface area contributed by atoms with Crippen molar-refractivity contribution in [1.82, 2.24) is 5.32 Å². The van der Waals surface area contributed by atoms with Crippen LogP contribution in [-0.4, -0.2) is 27.8 Å². The second-order valence-corrected chi connectivity index (χ2v) is 3.88. The van der Waals surface area contributed by atoms with E-state index >= 15 is 0 Å². The SMILES string of the molecule is N=C/C=C(\NC1CCCCO1)S(=O)O. The summed E-state index contributed by atoms with van der Waals surface area (Å²) in [5, 5.41) is 9.73. The molecule has 0 aliphatic carbocycles. The van der Waals surface area contributed by atoms with Crippen molar-refractivity contribution >= 4 is 17.3 Å². The van der Waals surface area contributed by atoms with Crippen LogP contribution in [0.2, 0.25) is 0 Å². The fourth-order valence-corrected chi connectivity index (χ4v) is 1.66. The third-order valence-electron chi connectivity index (χ3n) is 1.91. The van der Waals surface area contributed by atoms with Crippen LogP contribution in [0.15, 0.2) is 11.1 Å². The molecular formula is C8H14N2O3S. The van der Waals surface area contributed by atoms with Crippen molar-refractivity contribution in [3.8, 4) is 0 Å². The first-order valence-electron chi connectivity index (χ1n) is 4.44. The minimum Gasteiger partial charge on any atom is -0.359 e. The summed E-state index contributed by atoms with van der Waals surface area (Å²) in [5.41, 5.74) is 0. The summed E-state index contributed by atoms with van der Waals surface area (Å²) in [7, 11) is 0. The first kappa shape index (κ1) is 11.4. The standard InChI is InChI=1S/C8H14N2O3S/c9-5-4-8(14(11)12)10-7-3-1-2-6-13-7/h4-5,7,9-10H,1-3,6H2,(H,11,12)/b8-4+,9-5?. The van der Waals surface area contributed by atoms with Crippen molar-refractivity contribution in [2.75, 3.05) is 6.61 Å². The summed E-state index contributed by atoms with van der Waals surface area (Å²) >= 11 is -2.09. The maximum absolute atomic E-state index is 10.8. The Hall–Kier alpha value is -0.720. The lowest BCUT2D eigenvalue weighted by atomic mass is 10.2. The first-order valence-corrected chi connectivity index (χ1v) is 5.54. The third kappa shape index (κ3) is 3.57. The zero-order valence-corrected chi connectivity index (χ0v) is 8.55. The normalized spacial score (nSPS) is 25.5. The molecule has 14 heavy (non-hydrogen) atoms. The molecule has 1 saturated heterocycles. The second kappa shape index (κ2) is 5.90. The van der Waals surface area contributed by atoms with Crippen molar-refractivity contribution in [3.63, 3.8) is 0 Å². The number of allylic oxidation sites excluding steroid dienone is 1. The molecule has 0 aromatic heterocycles. The summed E-state index contributed by atoms with van der Waals surface area (Å²) in [4.78, 5) is 0. The highest BCUT2D eigenvalue weighted by Crippen LogP contribution is 2.12. The summed E-state index contributed by atoms with van der Waals surface area (Å²) < 4.78 is 25.0. The van der Waals surface area contributed by atoms with Crippen LogP contribution >= 0.6 is 0 Å². The van der Waals surface area contributed by atoms with Gasteiger partial charge in [0.25, 0.3) is 0 Å². The van der Waals surface area contributed by atoms with Crippen LogP contribution in [0.1, 0.15) is 19.3 Å². The van der Waals surface area contributed by atoms with Gasteiger partial charge < -0.3 is 20.0 Å². The van der Waals surface area contributed by atoms with E-state index < -0.39 is 11.1 Å². The van der Waals surface area contributed by atoms with Gasteiger partial charge >= 0.3 is 0 Å². The van der Waals surface area contributed by atoms with Gasteiger partial charge in [-0.1, -0.05) is 0 Å². The zero-order valence-electron chi connectivity index (χ0n) is 7.73. The van der Waals surface area contributed by atoms with Crippen LogP contribution in [0.25, 0.3) is 0 Å². The summed E-state index contributed by atoms with van der Waals surface area (Å²) in [6, 6.07) is 0. The number of hydrogen-bond acceptors (Lipinski definition) is 4. The topological polar surface area (TPSA) is 82.4 Å².